The van der Waals surface area contributed by atoms with Gasteiger partial charge in [0.2, 0.25) is 0 Å². The average molecular weight is 289 g/mol. The van der Waals surface area contributed by atoms with E-state index in [2.05, 4.69) is 12.1 Å². The standard InChI is InChI=1S/C15H17N2S2/c1-14(2,10-16)18-13(19-15(3,4)11-17)12-8-6-5-7-9-12/h5-9H,1-4H3. The molecule has 0 aliphatic heterocycles. The lowest BCUT2D eigenvalue weighted by molar-refractivity contribution is 0.910. The topological polar surface area (TPSA) is 47.6 Å². The van der Waals surface area contributed by atoms with E-state index in [4.69, 9.17) is 0 Å². The van der Waals surface area contributed by atoms with E-state index in [1.807, 2.05) is 58.0 Å². The van der Waals surface area contributed by atoms with Crippen LogP contribution in [0, 0.1) is 27.2 Å². The lowest BCUT2D eigenvalue weighted by atomic mass is 10.2. The molecule has 0 heterocycles. The average Bonchev–Trinajstić information content (AvgIpc) is 2.38. The molecule has 2 nitrogen and oxygen atoms in total. The van der Waals surface area contributed by atoms with Crippen molar-refractivity contribution in [3.63, 3.8) is 0 Å². The lowest BCUT2D eigenvalue weighted by Gasteiger charge is -2.27. The van der Waals surface area contributed by atoms with Crippen LogP contribution < -0.4 is 0 Å². The minimum absolute atomic E-state index is 0.510. The Morgan fingerprint density at radius 2 is 1.32 bits per heavy atom. The molecule has 0 atom stereocenters. The molecule has 1 aromatic rings. The molecule has 0 bridgehead atoms. The molecule has 0 aliphatic carbocycles. The van der Waals surface area contributed by atoms with Gasteiger partial charge in [-0.2, -0.15) is 10.5 Å². The quantitative estimate of drug-likeness (QED) is 0.795. The maximum Gasteiger partial charge on any atom is 0.117 e. The molecule has 0 N–H and O–H groups in total. The van der Waals surface area contributed by atoms with Gasteiger partial charge in [-0.05, 0) is 33.3 Å². The molecule has 1 radical (unpaired) electrons. The molecular weight excluding hydrogens is 272 g/mol. The van der Waals surface area contributed by atoms with Crippen molar-refractivity contribution < 1.29 is 0 Å². The van der Waals surface area contributed by atoms with Crippen LogP contribution in [-0.2, 0) is 0 Å². The van der Waals surface area contributed by atoms with Crippen molar-refractivity contribution in [1.29, 1.82) is 10.5 Å². The van der Waals surface area contributed by atoms with E-state index in [1.54, 1.807) is 0 Å². The van der Waals surface area contributed by atoms with Gasteiger partial charge in [-0.15, -0.1) is 23.5 Å². The summed E-state index contributed by atoms with van der Waals surface area (Å²) in [6.07, 6.45) is 0. The number of nitriles is 2. The summed E-state index contributed by atoms with van der Waals surface area (Å²) >= 11 is 3.02. The molecule has 0 spiro atoms. The van der Waals surface area contributed by atoms with Gasteiger partial charge in [0.15, 0.2) is 0 Å². The number of hydrogen-bond acceptors (Lipinski definition) is 4. The summed E-state index contributed by atoms with van der Waals surface area (Å²) in [5.74, 6) is 0. The summed E-state index contributed by atoms with van der Waals surface area (Å²) < 4.78 is -0.00773. The first-order valence-corrected chi connectivity index (χ1v) is 7.56. The van der Waals surface area contributed by atoms with Crippen LogP contribution >= 0.6 is 23.5 Å². The van der Waals surface area contributed by atoms with Gasteiger partial charge in [-0.25, -0.2) is 0 Å². The molecule has 4 heteroatoms. The van der Waals surface area contributed by atoms with Gasteiger partial charge in [-0.3, -0.25) is 0 Å². The largest absolute Gasteiger partial charge is 0.197 e. The molecule has 1 rings (SSSR count). The number of thioether (sulfide) groups is 2. The van der Waals surface area contributed by atoms with Gasteiger partial charge in [0.1, 0.15) is 4.58 Å². The minimum Gasteiger partial charge on any atom is -0.197 e. The first-order valence-electron chi connectivity index (χ1n) is 5.92. The third-order valence-corrected chi connectivity index (χ3v) is 4.79. The summed E-state index contributed by atoms with van der Waals surface area (Å²) in [4.78, 5) is 0. The summed E-state index contributed by atoms with van der Waals surface area (Å²) in [5.41, 5.74) is 1.06. The molecule has 0 unspecified atom stereocenters. The van der Waals surface area contributed by atoms with Crippen LogP contribution in [0.3, 0.4) is 0 Å². The normalized spacial score (nSPS) is 11.9. The fraction of sp³-hybridized carbons (Fsp3) is 0.400. The van der Waals surface area contributed by atoms with Gasteiger partial charge in [0.05, 0.1) is 21.6 Å². The Morgan fingerprint density at radius 1 is 0.895 bits per heavy atom. The fourth-order valence-corrected chi connectivity index (χ4v) is 4.16. The molecule has 0 saturated carbocycles. The number of benzene rings is 1. The second-order valence-electron chi connectivity index (χ2n) is 5.10. The van der Waals surface area contributed by atoms with E-state index < -0.39 is 9.49 Å². The van der Waals surface area contributed by atoms with Gasteiger partial charge < -0.3 is 0 Å². The highest BCUT2D eigenvalue weighted by Gasteiger charge is 2.31. The highest BCUT2D eigenvalue weighted by molar-refractivity contribution is 8.22. The minimum atomic E-state index is -0.510. The maximum atomic E-state index is 9.19. The number of rotatable bonds is 5. The molecule has 1 aromatic carbocycles. The van der Waals surface area contributed by atoms with Gasteiger partial charge in [-0.1, -0.05) is 30.3 Å². The highest BCUT2D eigenvalue weighted by atomic mass is 32.2. The first kappa shape index (κ1) is 16.0. The first-order chi connectivity index (χ1) is 8.79. The zero-order valence-corrected chi connectivity index (χ0v) is 13.2. The number of nitrogens with zero attached hydrogens (tertiary/aromatic N) is 2. The van der Waals surface area contributed by atoms with Crippen molar-refractivity contribution in [2.45, 2.75) is 37.2 Å². The van der Waals surface area contributed by atoms with Crippen LogP contribution in [0.4, 0.5) is 0 Å². The Morgan fingerprint density at radius 3 is 1.68 bits per heavy atom. The Balaban J connectivity index is 3.00. The zero-order valence-electron chi connectivity index (χ0n) is 11.6. The van der Waals surface area contributed by atoms with Crippen LogP contribution in [0.25, 0.3) is 0 Å². The van der Waals surface area contributed by atoms with Crippen molar-refractivity contribution in [3.05, 3.63) is 40.5 Å². The second kappa shape index (κ2) is 6.37. The number of hydrogen-bond donors (Lipinski definition) is 0. The Kier molecular flexibility index (Phi) is 5.35. The zero-order chi connectivity index (χ0) is 14.5. The predicted octanol–water partition coefficient (Wildman–Crippen LogP) is 4.59. The van der Waals surface area contributed by atoms with Crippen molar-refractivity contribution in [3.8, 4) is 12.1 Å². The Labute approximate surface area is 124 Å². The predicted molar refractivity (Wildman–Crippen MR) is 83.4 cm³/mol. The summed E-state index contributed by atoms with van der Waals surface area (Å²) in [5, 5.41) is 18.4. The summed E-state index contributed by atoms with van der Waals surface area (Å²) in [6, 6.07) is 14.5. The fourth-order valence-electron chi connectivity index (χ4n) is 1.22. The molecular formula is C15H17N2S2. The Hall–Kier alpha value is -1.10. The molecule has 19 heavy (non-hydrogen) atoms. The van der Waals surface area contributed by atoms with Crippen molar-refractivity contribution in [1.82, 2.24) is 0 Å². The molecule has 0 amide bonds. The van der Waals surface area contributed by atoms with E-state index in [-0.39, 0.29) is 0 Å². The maximum absolute atomic E-state index is 9.19. The highest BCUT2D eigenvalue weighted by Crippen LogP contribution is 2.49. The molecule has 99 valence electrons. The van der Waals surface area contributed by atoms with Gasteiger partial charge in [0, 0.05) is 0 Å². The second-order valence-corrected chi connectivity index (χ2v) is 8.63. The van der Waals surface area contributed by atoms with Crippen LogP contribution in [-0.4, -0.2) is 9.49 Å². The molecule has 0 fully saturated rings. The van der Waals surface area contributed by atoms with E-state index in [9.17, 15) is 10.5 Å². The molecule has 0 aromatic heterocycles. The van der Waals surface area contributed by atoms with E-state index in [1.165, 1.54) is 23.5 Å². The monoisotopic (exact) mass is 289 g/mol. The van der Waals surface area contributed by atoms with Gasteiger partial charge in [0.25, 0.3) is 0 Å². The van der Waals surface area contributed by atoms with E-state index >= 15 is 0 Å². The van der Waals surface area contributed by atoms with Crippen molar-refractivity contribution >= 4 is 23.5 Å². The smallest absolute Gasteiger partial charge is 0.117 e. The lowest BCUT2D eigenvalue weighted by Crippen LogP contribution is -2.18. The van der Waals surface area contributed by atoms with Crippen molar-refractivity contribution in [2.75, 3.05) is 0 Å². The SMILES string of the molecule is CC(C)(C#N)S[C](SC(C)(C)C#N)c1ccccc1. The summed E-state index contributed by atoms with van der Waals surface area (Å²) in [6.45, 7) is 7.56. The van der Waals surface area contributed by atoms with Crippen LogP contribution in [0.1, 0.15) is 33.3 Å². The van der Waals surface area contributed by atoms with Gasteiger partial charge >= 0.3 is 0 Å². The van der Waals surface area contributed by atoms with Crippen molar-refractivity contribution in [2.24, 2.45) is 0 Å². The Bertz CT molecular complexity index is 467. The molecule has 0 aliphatic rings. The van der Waals surface area contributed by atoms with Crippen LogP contribution in [0.15, 0.2) is 30.3 Å². The third-order valence-electron chi connectivity index (χ3n) is 2.24. The van der Waals surface area contributed by atoms with E-state index in [0.717, 1.165) is 10.1 Å². The summed E-state index contributed by atoms with van der Waals surface area (Å²) in [7, 11) is 0. The van der Waals surface area contributed by atoms with Crippen LogP contribution in [0.2, 0.25) is 0 Å². The van der Waals surface area contributed by atoms with Crippen LogP contribution in [0.5, 0.6) is 0 Å². The van der Waals surface area contributed by atoms with E-state index in [0.29, 0.717) is 0 Å². The molecule has 0 saturated heterocycles. The third kappa shape index (κ3) is 5.19.